The Balaban J connectivity index is 1.96. The van der Waals surface area contributed by atoms with Crippen LogP contribution in [0.1, 0.15) is 12.7 Å². The number of pyridine rings is 1. The summed E-state index contributed by atoms with van der Waals surface area (Å²) in [5.74, 6) is 0.924. The molecule has 4 nitrogen and oxygen atoms in total. The van der Waals surface area contributed by atoms with Crippen molar-refractivity contribution in [2.45, 2.75) is 13.5 Å². The fraction of sp³-hybridized carbons (Fsp3) is 0.250. The molecule has 0 fully saturated rings. The van der Waals surface area contributed by atoms with E-state index in [0.717, 1.165) is 18.0 Å². The number of nitrogens with zero attached hydrogens (tertiary/aromatic N) is 2. The zero-order valence-corrected chi connectivity index (χ0v) is 9.26. The number of anilines is 1. The number of furan rings is 1. The maximum Gasteiger partial charge on any atom is 0.119 e. The SMILES string of the molecule is CCN(NCc1ccco1)c1ccncc1. The number of hydrogen-bond acceptors (Lipinski definition) is 4. The quantitative estimate of drug-likeness (QED) is 0.780. The molecule has 0 spiro atoms. The van der Waals surface area contributed by atoms with Crippen molar-refractivity contribution in [3.05, 3.63) is 48.7 Å². The van der Waals surface area contributed by atoms with Gasteiger partial charge < -0.3 is 9.43 Å². The summed E-state index contributed by atoms with van der Waals surface area (Å²) >= 11 is 0. The van der Waals surface area contributed by atoms with Gasteiger partial charge in [0.25, 0.3) is 0 Å². The molecule has 0 saturated carbocycles. The third-order valence-corrected chi connectivity index (χ3v) is 2.31. The van der Waals surface area contributed by atoms with Gasteiger partial charge in [0.15, 0.2) is 0 Å². The third-order valence-electron chi connectivity index (χ3n) is 2.31. The van der Waals surface area contributed by atoms with Crippen LogP contribution in [0.15, 0.2) is 47.3 Å². The van der Waals surface area contributed by atoms with Gasteiger partial charge in [0.2, 0.25) is 0 Å². The van der Waals surface area contributed by atoms with Crippen LogP contribution < -0.4 is 10.4 Å². The fourth-order valence-electron chi connectivity index (χ4n) is 1.50. The molecule has 2 rings (SSSR count). The van der Waals surface area contributed by atoms with Crippen LogP contribution in [0.5, 0.6) is 0 Å². The molecule has 0 amide bonds. The molecule has 0 saturated heterocycles. The second-order valence-electron chi connectivity index (χ2n) is 3.36. The summed E-state index contributed by atoms with van der Waals surface area (Å²) in [6.07, 6.45) is 5.25. The Labute approximate surface area is 94.9 Å². The predicted octanol–water partition coefficient (Wildman–Crippen LogP) is 2.21. The topological polar surface area (TPSA) is 41.3 Å². The molecular weight excluding hydrogens is 202 g/mol. The lowest BCUT2D eigenvalue weighted by Crippen LogP contribution is -2.37. The summed E-state index contributed by atoms with van der Waals surface area (Å²) < 4.78 is 5.26. The highest BCUT2D eigenvalue weighted by molar-refractivity contribution is 5.42. The first-order valence-corrected chi connectivity index (χ1v) is 5.33. The highest BCUT2D eigenvalue weighted by Gasteiger charge is 2.03. The van der Waals surface area contributed by atoms with Crippen molar-refractivity contribution < 1.29 is 4.42 Å². The molecule has 1 N–H and O–H groups in total. The molecule has 4 heteroatoms. The second kappa shape index (κ2) is 5.32. The Bertz CT molecular complexity index is 399. The smallest absolute Gasteiger partial charge is 0.119 e. The van der Waals surface area contributed by atoms with Crippen molar-refractivity contribution in [2.24, 2.45) is 0 Å². The van der Waals surface area contributed by atoms with Crippen molar-refractivity contribution in [1.29, 1.82) is 0 Å². The Hall–Kier alpha value is -1.81. The number of aromatic nitrogens is 1. The van der Waals surface area contributed by atoms with E-state index in [0.29, 0.717) is 6.54 Å². The average Bonchev–Trinajstić information content (AvgIpc) is 2.84. The summed E-state index contributed by atoms with van der Waals surface area (Å²) in [6.45, 7) is 3.66. The van der Waals surface area contributed by atoms with Crippen molar-refractivity contribution in [1.82, 2.24) is 10.4 Å². The largest absolute Gasteiger partial charge is 0.468 e. The van der Waals surface area contributed by atoms with Crippen molar-refractivity contribution in [2.75, 3.05) is 11.6 Å². The number of rotatable bonds is 5. The monoisotopic (exact) mass is 217 g/mol. The molecule has 2 aromatic rings. The number of nitrogens with one attached hydrogen (secondary N) is 1. The van der Waals surface area contributed by atoms with E-state index in [1.54, 1.807) is 18.7 Å². The minimum absolute atomic E-state index is 0.684. The average molecular weight is 217 g/mol. The van der Waals surface area contributed by atoms with Crippen LogP contribution in [-0.4, -0.2) is 11.5 Å². The minimum Gasteiger partial charge on any atom is -0.468 e. The molecule has 2 heterocycles. The van der Waals surface area contributed by atoms with E-state index in [1.807, 2.05) is 24.3 Å². The van der Waals surface area contributed by atoms with Gasteiger partial charge in [-0.3, -0.25) is 4.98 Å². The zero-order valence-electron chi connectivity index (χ0n) is 9.26. The van der Waals surface area contributed by atoms with Gasteiger partial charge in [0, 0.05) is 18.9 Å². The first-order chi connectivity index (χ1) is 7.90. The Morgan fingerprint density at radius 3 is 2.75 bits per heavy atom. The first kappa shape index (κ1) is 10.7. The third kappa shape index (κ3) is 2.61. The van der Waals surface area contributed by atoms with Crippen LogP contribution in [0.4, 0.5) is 5.69 Å². The lowest BCUT2D eigenvalue weighted by atomic mass is 10.4. The van der Waals surface area contributed by atoms with Crippen LogP contribution in [0, 0.1) is 0 Å². The summed E-state index contributed by atoms with van der Waals surface area (Å²) in [4.78, 5) is 4.00. The van der Waals surface area contributed by atoms with E-state index in [2.05, 4.69) is 22.3 Å². The van der Waals surface area contributed by atoms with Gasteiger partial charge in [-0.2, -0.15) is 0 Å². The van der Waals surface area contributed by atoms with E-state index < -0.39 is 0 Å². The molecule has 0 unspecified atom stereocenters. The summed E-state index contributed by atoms with van der Waals surface area (Å²) in [6, 6.07) is 7.78. The van der Waals surface area contributed by atoms with Gasteiger partial charge in [-0.1, -0.05) is 0 Å². The van der Waals surface area contributed by atoms with Gasteiger partial charge in [0.1, 0.15) is 5.76 Å². The van der Waals surface area contributed by atoms with Gasteiger partial charge >= 0.3 is 0 Å². The highest BCUT2D eigenvalue weighted by Crippen LogP contribution is 2.09. The molecule has 0 aliphatic heterocycles. The normalized spacial score (nSPS) is 10.3. The molecule has 2 aromatic heterocycles. The molecule has 0 aliphatic carbocycles. The van der Waals surface area contributed by atoms with Crippen LogP contribution >= 0.6 is 0 Å². The molecule has 0 radical (unpaired) electrons. The van der Waals surface area contributed by atoms with Crippen LogP contribution in [-0.2, 0) is 6.54 Å². The van der Waals surface area contributed by atoms with Gasteiger partial charge in [-0.25, -0.2) is 5.43 Å². The Morgan fingerprint density at radius 2 is 2.12 bits per heavy atom. The lowest BCUT2D eigenvalue weighted by molar-refractivity contribution is 0.476. The standard InChI is InChI=1S/C12H15N3O/c1-2-15(11-5-7-13-8-6-11)14-10-12-4-3-9-16-12/h3-9,14H,2,10H2,1H3. The van der Waals surface area contributed by atoms with E-state index in [1.165, 1.54) is 0 Å². The van der Waals surface area contributed by atoms with Gasteiger partial charge in [-0.05, 0) is 31.2 Å². The zero-order chi connectivity index (χ0) is 11.2. The van der Waals surface area contributed by atoms with Crippen molar-refractivity contribution in [3.63, 3.8) is 0 Å². The Kier molecular flexibility index (Phi) is 3.56. The Morgan fingerprint density at radius 1 is 1.31 bits per heavy atom. The van der Waals surface area contributed by atoms with Crippen molar-refractivity contribution >= 4 is 5.69 Å². The minimum atomic E-state index is 0.684. The van der Waals surface area contributed by atoms with Crippen molar-refractivity contribution in [3.8, 4) is 0 Å². The maximum absolute atomic E-state index is 5.26. The van der Waals surface area contributed by atoms with E-state index in [-0.39, 0.29) is 0 Å². The summed E-state index contributed by atoms with van der Waals surface area (Å²) in [5, 5.41) is 2.06. The maximum atomic E-state index is 5.26. The highest BCUT2D eigenvalue weighted by atomic mass is 16.3. The molecule has 0 bridgehead atoms. The lowest BCUT2D eigenvalue weighted by Gasteiger charge is -2.23. The first-order valence-electron chi connectivity index (χ1n) is 5.33. The molecule has 16 heavy (non-hydrogen) atoms. The van der Waals surface area contributed by atoms with Crippen LogP contribution in [0.2, 0.25) is 0 Å². The second-order valence-corrected chi connectivity index (χ2v) is 3.36. The molecular formula is C12H15N3O. The number of hydrazine groups is 1. The molecule has 0 atom stereocenters. The van der Waals surface area contributed by atoms with E-state index >= 15 is 0 Å². The molecule has 0 aliphatic rings. The van der Waals surface area contributed by atoms with Crippen LogP contribution in [0.25, 0.3) is 0 Å². The molecule has 84 valence electrons. The predicted molar refractivity (Wildman–Crippen MR) is 62.8 cm³/mol. The van der Waals surface area contributed by atoms with E-state index in [4.69, 9.17) is 4.42 Å². The molecule has 0 aromatic carbocycles. The fourth-order valence-corrected chi connectivity index (χ4v) is 1.50. The van der Waals surface area contributed by atoms with E-state index in [9.17, 15) is 0 Å². The number of hydrogen-bond donors (Lipinski definition) is 1. The van der Waals surface area contributed by atoms with Gasteiger partial charge in [0.05, 0.1) is 18.5 Å². The summed E-state index contributed by atoms with van der Waals surface area (Å²) in [5.41, 5.74) is 4.40. The van der Waals surface area contributed by atoms with Gasteiger partial charge in [-0.15, -0.1) is 0 Å². The van der Waals surface area contributed by atoms with Crippen LogP contribution in [0.3, 0.4) is 0 Å². The summed E-state index contributed by atoms with van der Waals surface area (Å²) in [7, 11) is 0.